The summed E-state index contributed by atoms with van der Waals surface area (Å²) < 4.78 is 11.4. The Bertz CT molecular complexity index is 1180. The van der Waals surface area contributed by atoms with Crippen LogP contribution in [0, 0.1) is 0 Å². The van der Waals surface area contributed by atoms with Gasteiger partial charge in [0.2, 0.25) is 17.2 Å². The average molecular weight is 398 g/mol. The Labute approximate surface area is 162 Å². The van der Waals surface area contributed by atoms with Gasteiger partial charge in [-0.3, -0.25) is 9.59 Å². The van der Waals surface area contributed by atoms with Crippen molar-refractivity contribution in [2.24, 2.45) is 0 Å². The van der Waals surface area contributed by atoms with Crippen molar-refractivity contribution in [2.75, 3.05) is 0 Å². The van der Waals surface area contributed by atoms with Crippen LogP contribution in [0.3, 0.4) is 0 Å². The summed E-state index contributed by atoms with van der Waals surface area (Å²) in [5.74, 6) is -6.06. The van der Waals surface area contributed by atoms with Gasteiger partial charge >= 0.3 is 5.97 Å². The fourth-order valence-electron chi connectivity index (χ4n) is 4.44. The summed E-state index contributed by atoms with van der Waals surface area (Å²) in [6.07, 6.45) is 0.213. The highest BCUT2D eigenvalue weighted by Gasteiger charge is 2.61. The Morgan fingerprint density at radius 2 is 1.69 bits per heavy atom. The summed E-state index contributed by atoms with van der Waals surface area (Å²) in [5, 5.41) is 40.6. The van der Waals surface area contributed by atoms with Crippen LogP contribution in [0.15, 0.2) is 18.2 Å². The van der Waals surface area contributed by atoms with E-state index in [1.165, 1.54) is 6.07 Å². The Hall–Kier alpha value is -3.59. The third kappa shape index (κ3) is 1.99. The van der Waals surface area contributed by atoms with Crippen molar-refractivity contribution >= 4 is 17.5 Å². The van der Waals surface area contributed by atoms with Crippen LogP contribution in [0.1, 0.15) is 57.2 Å². The van der Waals surface area contributed by atoms with Crippen LogP contribution in [0.4, 0.5) is 0 Å². The lowest BCUT2D eigenvalue weighted by atomic mass is 9.79. The fraction of sp³-hybridized carbons (Fsp3) is 0.250. The molecular weight excluding hydrogens is 384 g/mol. The minimum atomic E-state index is -1.93. The van der Waals surface area contributed by atoms with Crippen molar-refractivity contribution in [1.29, 1.82) is 0 Å². The van der Waals surface area contributed by atoms with Gasteiger partial charge in [-0.05, 0) is 18.6 Å². The van der Waals surface area contributed by atoms with E-state index in [0.717, 1.165) is 12.1 Å². The van der Waals surface area contributed by atoms with Crippen molar-refractivity contribution in [3.05, 3.63) is 46.0 Å². The summed E-state index contributed by atoms with van der Waals surface area (Å²) >= 11 is 0. The largest absolute Gasteiger partial charge is 0.508 e. The van der Waals surface area contributed by atoms with Crippen molar-refractivity contribution in [2.45, 2.75) is 31.2 Å². The van der Waals surface area contributed by atoms with Crippen LogP contribution in [-0.4, -0.2) is 43.7 Å². The second-order valence-corrected chi connectivity index (χ2v) is 7.54. The number of ether oxygens (including phenoxy) is 2. The van der Waals surface area contributed by atoms with E-state index in [9.17, 15) is 34.8 Å². The zero-order chi connectivity index (χ0) is 20.9. The fourth-order valence-corrected chi connectivity index (χ4v) is 4.44. The molecule has 2 heterocycles. The van der Waals surface area contributed by atoms with E-state index in [1.807, 2.05) is 0 Å². The molecule has 9 heteroatoms. The van der Waals surface area contributed by atoms with Gasteiger partial charge in [0, 0.05) is 30.5 Å². The highest BCUT2D eigenvalue weighted by molar-refractivity contribution is 6.30. The Kier molecular flexibility index (Phi) is 3.06. The molecule has 2 aromatic rings. The number of benzene rings is 2. The van der Waals surface area contributed by atoms with Crippen LogP contribution >= 0.6 is 0 Å². The van der Waals surface area contributed by atoms with E-state index in [2.05, 4.69) is 0 Å². The highest BCUT2D eigenvalue weighted by atomic mass is 16.7. The predicted molar refractivity (Wildman–Crippen MR) is 93.4 cm³/mol. The summed E-state index contributed by atoms with van der Waals surface area (Å²) in [6, 6.07) is 3.15. The van der Waals surface area contributed by atoms with Gasteiger partial charge in [-0.1, -0.05) is 0 Å². The van der Waals surface area contributed by atoms with Crippen LogP contribution in [0.5, 0.6) is 23.0 Å². The molecule has 5 rings (SSSR count). The molecule has 2 atom stereocenters. The molecule has 0 saturated carbocycles. The summed E-state index contributed by atoms with van der Waals surface area (Å²) in [7, 11) is 0. The first-order valence-corrected chi connectivity index (χ1v) is 8.76. The minimum absolute atomic E-state index is 0.00394. The lowest BCUT2D eigenvalue weighted by Crippen LogP contribution is -2.46. The van der Waals surface area contributed by atoms with Gasteiger partial charge in [0.25, 0.3) is 0 Å². The molecule has 2 unspecified atom stereocenters. The van der Waals surface area contributed by atoms with Crippen molar-refractivity contribution in [1.82, 2.24) is 0 Å². The molecule has 0 spiro atoms. The molecular formula is C20H14O9. The minimum Gasteiger partial charge on any atom is -0.508 e. The number of phenols is 3. The second kappa shape index (κ2) is 5.06. The van der Waals surface area contributed by atoms with Crippen molar-refractivity contribution in [3.63, 3.8) is 0 Å². The Morgan fingerprint density at radius 3 is 2.38 bits per heavy atom. The number of hydrogen-bond donors (Lipinski definition) is 4. The molecule has 1 saturated heterocycles. The maximum Gasteiger partial charge on any atom is 0.341 e. The second-order valence-electron chi connectivity index (χ2n) is 7.54. The van der Waals surface area contributed by atoms with Gasteiger partial charge in [-0.2, -0.15) is 0 Å². The van der Waals surface area contributed by atoms with Gasteiger partial charge in [-0.25, -0.2) is 4.79 Å². The molecule has 2 aliphatic heterocycles. The first kappa shape index (κ1) is 17.5. The van der Waals surface area contributed by atoms with Gasteiger partial charge in [0.05, 0.1) is 16.7 Å². The lowest BCUT2D eigenvalue weighted by molar-refractivity contribution is -0.226. The molecule has 2 bridgehead atoms. The molecule has 0 aromatic heterocycles. The maximum absolute atomic E-state index is 13.1. The lowest BCUT2D eigenvalue weighted by Gasteiger charge is -2.38. The predicted octanol–water partition coefficient (Wildman–Crippen LogP) is 1.78. The van der Waals surface area contributed by atoms with E-state index in [4.69, 9.17) is 9.47 Å². The first-order chi connectivity index (χ1) is 13.6. The van der Waals surface area contributed by atoms with E-state index in [1.54, 1.807) is 6.92 Å². The van der Waals surface area contributed by atoms with Gasteiger partial charge < -0.3 is 29.9 Å². The number of carbonyl (C=O) groups excluding carboxylic acids is 2. The van der Waals surface area contributed by atoms with Gasteiger partial charge in [-0.15, -0.1) is 0 Å². The summed E-state index contributed by atoms with van der Waals surface area (Å²) in [4.78, 5) is 38.1. The first-order valence-electron chi connectivity index (χ1n) is 8.76. The number of carboxylic acids is 1. The van der Waals surface area contributed by atoms with E-state index in [-0.39, 0.29) is 40.8 Å². The number of aliphatic carboxylic acids is 1. The van der Waals surface area contributed by atoms with Crippen LogP contribution < -0.4 is 4.74 Å². The Morgan fingerprint density at radius 1 is 1.00 bits per heavy atom. The molecule has 1 fully saturated rings. The number of hydrogen-bond acceptors (Lipinski definition) is 8. The molecule has 4 N–H and O–H groups in total. The number of phenolic OH excluding ortho intramolecular Hbond substituents is 3. The monoisotopic (exact) mass is 398 g/mol. The smallest absolute Gasteiger partial charge is 0.341 e. The average Bonchev–Trinajstić information content (AvgIpc) is 2.91. The number of fused-ring (bicyclic) bond motifs is 6. The van der Waals surface area contributed by atoms with Gasteiger partial charge in [0.1, 0.15) is 23.0 Å². The van der Waals surface area contributed by atoms with Crippen LogP contribution in [0.25, 0.3) is 0 Å². The molecule has 2 aromatic carbocycles. The standard InChI is InChI=1S/C20H14O9/c1-19-2-3-20(29-19,18(26)27)14-11(28-19)6-9-13(17(14)25)16(24)12-8(15(9)23)4-7(21)5-10(12)22/h4-6,21-22,25H,2-3H2,1H3,(H,26,27). The molecule has 1 aliphatic carbocycles. The zero-order valence-electron chi connectivity index (χ0n) is 15.0. The van der Waals surface area contributed by atoms with E-state index >= 15 is 0 Å². The summed E-state index contributed by atoms with van der Waals surface area (Å²) in [5.41, 5.74) is -3.43. The molecule has 3 aliphatic rings. The van der Waals surface area contributed by atoms with Crippen LogP contribution in [-0.2, 0) is 15.1 Å². The third-order valence-electron chi connectivity index (χ3n) is 5.71. The van der Waals surface area contributed by atoms with E-state index < -0.39 is 51.7 Å². The normalized spacial score (nSPS) is 26.4. The van der Waals surface area contributed by atoms with E-state index in [0.29, 0.717) is 0 Å². The van der Waals surface area contributed by atoms with Crippen molar-refractivity contribution in [3.8, 4) is 23.0 Å². The Balaban J connectivity index is 1.84. The number of carbonyl (C=O) groups is 3. The molecule has 9 nitrogen and oxygen atoms in total. The maximum atomic E-state index is 13.1. The van der Waals surface area contributed by atoms with Gasteiger partial charge in [0.15, 0.2) is 5.78 Å². The third-order valence-corrected chi connectivity index (χ3v) is 5.71. The number of carboxylic acid groups (broad SMARTS) is 1. The number of aromatic hydroxyl groups is 3. The summed E-state index contributed by atoms with van der Waals surface area (Å²) in [6.45, 7) is 1.55. The SMILES string of the molecule is CC12CCC(C(=O)O)(O1)c1c(cc3c(c1O)C(=O)c1c(O)cc(O)cc1C3=O)O2. The zero-order valence-corrected chi connectivity index (χ0v) is 15.0. The van der Waals surface area contributed by atoms with Crippen molar-refractivity contribution < 1.29 is 44.3 Å². The topological polar surface area (TPSA) is 151 Å². The number of ketones is 2. The highest BCUT2D eigenvalue weighted by Crippen LogP contribution is 2.57. The quantitative estimate of drug-likeness (QED) is 0.481. The molecule has 148 valence electrons. The molecule has 0 amide bonds. The van der Waals surface area contributed by atoms with Crippen LogP contribution in [0.2, 0.25) is 0 Å². The number of rotatable bonds is 1. The molecule has 0 radical (unpaired) electrons. The molecule has 29 heavy (non-hydrogen) atoms.